The van der Waals surface area contributed by atoms with Crippen molar-refractivity contribution < 1.29 is 19.2 Å². The minimum atomic E-state index is -0.659. The van der Waals surface area contributed by atoms with Crippen molar-refractivity contribution in [3.05, 3.63) is 65.4 Å². The number of fused-ring (bicyclic) bond motifs is 2. The van der Waals surface area contributed by atoms with Crippen LogP contribution in [0.4, 0.5) is 0 Å². The lowest BCUT2D eigenvalue weighted by Crippen LogP contribution is -2.32. The summed E-state index contributed by atoms with van der Waals surface area (Å²) in [6.45, 7) is 0. The Morgan fingerprint density at radius 2 is 1.64 bits per heavy atom. The summed E-state index contributed by atoms with van der Waals surface area (Å²) in [6, 6.07) is 13.9. The van der Waals surface area contributed by atoms with E-state index in [4.69, 9.17) is 4.84 Å². The number of benzene rings is 2. The van der Waals surface area contributed by atoms with Crippen LogP contribution in [0.3, 0.4) is 0 Å². The summed E-state index contributed by atoms with van der Waals surface area (Å²) in [5.74, 6) is -1.91. The van der Waals surface area contributed by atoms with E-state index in [-0.39, 0.29) is 17.5 Å². The van der Waals surface area contributed by atoms with Gasteiger partial charge in [-0.3, -0.25) is 14.7 Å². The maximum absolute atomic E-state index is 12.2. The van der Waals surface area contributed by atoms with Crippen molar-refractivity contribution in [1.82, 2.24) is 15.3 Å². The molecule has 7 heteroatoms. The number of carbonyl (C=O) groups is 3. The Kier molecular flexibility index (Phi) is 3.53. The first kappa shape index (κ1) is 15.1. The number of nitrogens with zero attached hydrogens (tertiary/aromatic N) is 2. The second kappa shape index (κ2) is 5.86. The van der Waals surface area contributed by atoms with Crippen molar-refractivity contribution in [2.24, 2.45) is 0 Å². The van der Waals surface area contributed by atoms with E-state index in [2.05, 4.69) is 10.2 Å². The molecule has 0 bridgehead atoms. The highest BCUT2D eigenvalue weighted by Gasteiger charge is 2.38. The standard InChI is InChI=1S/C18H13N3O4/c22-16(10-9-15-13-7-3-4-8-14(13)19-20-15)25-21-17(23)11-5-1-2-6-12(11)18(21)24/h1-8H,9-10H2,(H,19,20). The second-order valence-corrected chi connectivity index (χ2v) is 5.63. The molecule has 124 valence electrons. The predicted octanol–water partition coefficient (Wildman–Crippen LogP) is 2.25. The molecule has 0 radical (unpaired) electrons. The van der Waals surface area contributed by atoms with Gasteiger partial charge in [-0.25, -0.2) is 4.79 Å². The third-order valence-corrected chi connectivity index (χ3v) is 4.07. The molecule has 0 fully saturated rings. The summed E-state index contributed by atoms with van der Waals surface area (Å²) in [7, 11) is 0. The van der Waals surface area contributed by atoms with Crippen molar-refractivity contribution in [2.45, 2.75) is 12.8 Å². The average molecular weight is 335 g/mol. The maximum Gasteiger partial charge on any atom is 0.333 e. The van der Waals surface area contributed by atoms with Gasteiger partial charge >= 0.3 is 5.97 Å². The highest BCUT2D eigenvalue weighted by Crippen LogP contribution is 2.23. The lowest BCUT2D eigenvalue weighted by atomic mass is 10.1. The minimum absolute atomic E-state index is 0.0135. The van der Waals surface area contributed by atoms with E-state index in [0.717, 1.165) is 16.6 Å². The van der Waals surface area contributed by atoms with E-state index in [0.29, 0.717) is 11.5 Å². The number of para-hydroxylation sites is 1. The molecule has 25 heavy (non-hydrogen) atoms. The summed E-state index contributed by atoms with van der Waals surface area (Å²) in [5, 5.41) is 8.50. The first-order valence-corrected chi connectivity index (χ1v) is 7.76. The van der Waals surface area contributed by atoms with Crippen molar-refractivity contribution in [3.8, 4) is 0 Å². The first-order valence-electron chi connectivity index (χ1n) is 7.76. The number of rotatable bonds is 4. The van der Waals surface area contributed by atoms with Crippen LogP contribution >= 0.6 is 0 Å². The van der Waals surface area contributed by atoms with Crippen LogP contribution in [0.2, 0.25) is 0 Å². The molecule has 1 aliphatic rings. The Morgan fingerprint density at radius 1 is 1.00 bits per heavy atom. The largest absolute Gasteiger partial charge is 0.333 e. The van der Waals surface area contributed by atoms with Gasteiger partial charge in [-0.15, -0.1) is 0 Å². The Hall–Kier alpha value is -3.48. The minimum Gasteiger partial charge on any atom is -0.330 e. The van der Waals surface area contributed by atoms with Gasteiger partial charge in [-0.05, 0) is 18.2 Å². The molecule has 0 spiro atoms. The Morgan fingerprint density at radius 3 is 2.36 bits per heavy atom. The quantitative estimate of drug-likeness (QED) is 0.738. The predicted molar refractivity (Wildman–Crippen MR) is 87.4 cm³/mol. The molecule has 3 aromatic rings. The first-order chi connectivity index (χ1) is 12.1. The van der Waals surface area contributed by atoms with Gasteiger partial charge < -0.3 is 4.84 Å². The van der Waals surface area contributed by atoms with Gasteiger partial charge in [0.15, 0.2) is 0 Å². The summed E-state index contributed by atoms with van der Waals surface area (Å²) in [4.78, 5) is 41.4. The van der Waals surface area contributed by atoms with Gasteiger partial charge in [0.2, 0.25) is 0 Å². The number of imide groups is 1. The van der Waals surface area contributed by atoms with Gasteiger partial charge in [0.1, 0.15) is 0 Å². The number of amides is 2. The molecule has 0 saturated heterocycles. The SMILES string of the molecule is O=C(CCc1[nH]nc2ccccc12)ON1C(=O)c2ccccc2C1=O. The molecule has 1 aliphatic heterocycles. The normalized spacial score (nSPS) is 13.4. The van der Waals surface area contributed by atoms with Gasteiger partial charge in [0.25, 0.3) is 11.8 Å². The maximum atomic E-state index is 12.2. The molecule has 2 aromatic carbocycles. The molecular formula is C18H13N3O4. The van der Waals surface area contributed by atoms with Crippen LogP contribution < -0.4 is 0 Å². The number of aromatic nitrogens is 2. The van der Waals surface area contributed by atoms with Crippen LogP contribution in [0.1, 0.15) is 32.8 Å². The summed E-state index contributed by atoms with van der Waals surface area (Å²) < 4.78 is 0. The van der Waals surface area contributed by atoms with Gasteiger partial charge in [0, 0.05) is 17.5 Å². The number of carbonyl (C=O) groups excluding carboxylic acids is 3. The van der Waals surface area contributed by atoms with E-state index in [1.54, 1.807) is 12.1 Å². The van der Waals surface area contributed by atoms with E-state index in [9.17, 15) is 14.4 Å². The molecule has 1 aromatic heterocycles. The zero-order chi connectivity index (χ0) is 17.4. The van der Waals surface area contributed by atoms with Gasteiger partial charge in [0.05, 0.1) is 23.1 Å². The molecule has 1 N–H and O–H groups in total. The fourth-order valence-electron chi connectivity index (χ4n) is 2.83. The highest BCUT2D eigenvalue weighted by atomic mass is 16.7. The lowest BCUT2D eigenvalue weighted by Gasteiger charge is -2.12. The molecular weight excluding hydrogens is 322 g/mol. The summed E-state index contributed by atoms with van der Waals surface area (Å²) in [5.41, 5.74) is 2.08. The van der Waals surface area contributed by atoms with Crippen LogP contribution in [-0.4, -0.2) is 33.0 Å². The van der Waals surface area contributed by atoms with Crippen LogP contribution in [-0.2, 0) is 16.1 Å². The van der Waals surface area contributed by atoms with Crippen molar-refractivity contribution >= 4 is 28.7 Å². The zero-order valence-electron chi connectivity index (χ0n) is 13.1. The molecule has 4 rings (SSSR count). The van der Waals surface area contributed by atoms with E-state index in [1.807, 2.05) is 24.3 Å². The van der Waals surface area contributed by atoms with Crippen molar-refractivity contribution in [2.75, 3.05) is 0 Å². The van der Waals surface area contributed by atoms with E-state index in [1.165, 1.54) is 12.1 Å². The monoisotopic (exact) mass is 335 g/mol. The number of aryl methyl sites for hydroxylation is 1. The fourth-order valence-corrected chi connectivity index (χ4v) is 2.83. The molecule has 2 heterocycles. The zero-order valence-corrected chi connectivity index (χ0v) is 13.1. The van der Waals surface area contributed by atoms with Crippen LogP contribution in [0, 0.1) is 0 Å². The fraction of sp³-hybridized carbons (Fsp3) is 0.111. The molecule has 0 unspecified atom stereocenters. The second-order valence-electron chi connectivity index (χ2n) is 5.63. The number of nitrogens with one attached hydrogen (secondary N) is 1. The number of H-pyrrole nitrogens is 1. The molecule has 7 nitrogen and oxygen atoms in total. The summed E-state index contributed by atoms with van der Waals surface area (Å²) in [6.07, 6.45) is 0.377. The number of hydrogen-bond acceptors (Lipinski definition) is 5. The molecule has 2 amide bonds. The Bertz CT molecular complexity index is 973. The third kappa shape index (κ3) is 2.55. The average Bonchev–Trinajstić information content (AvgIpc) is 3.15. The van der Waals surface area contributed by atoms with Gasteiger partial charge in [-0.2, -0.15) is 5.10 Å². The van der Waals surface area contributed by atoms with E-state index < -0.39 is 17.8 Å². The van der Waals surface area contributed by atoms with E-state index >= 15 is 0 Å². The molecule has 0 aliphatic carbocycles. The smallest absolute Gasteiger partial charge is 0.330 e. The summed E-state index contributed by atoms with van der Waals surface area (Å²) >= 11 is 0. The van der Waals surface area contributed by atoms with Crippen molar-refractivity contribution in [3.63, 3.8) is 0 Å². The highest BCUT2D eigenvalue weighted by molar-refractivity contribution is 6.20. The van der Waals surface area contributed by atoms with Crippen LogP contribution in [0.5, 0.6) is 0 Å². The Labute approximate surface area is 142 Å². The van der Waals surface area contributed by atoms with Crippen molar-refractivity contribution in [1.29, 1.82) is 0 Å². The van der Waals surface area contributed by atoms with Crippen LogP contribution in [0.15, 0.2) is 48.5 Å². The Balaban J connectivity index is 1.43. The number of aromatic amines is 1. The number of hydrogen-bond donors (Lipinski definition) is 1. The lowest BCUT2D eigenvalue weighted by molar-refractivity contribution is -0.168. The van der Waals surface area contributed by atoms with Crippen LogP contribution in [0.25, 0.3) is 10.9 Å². The molecule has 0 atom stereocenters. The number of hydroxylamine groups is 2. The third-order valence-electron chi connectivity index (χ3n) is 4.07. The van der Waals surface area contributed by atoms with Gasteiger partial charge in [-0.1, -0.05) is 35.4 Å². The molecule has 0 saturated carbocycles. The topological polar surface area (TPSA) is 92.4 Å².